The largest absolute Gasteiger partial charge is 0.393 e. The van der Waals surface area contributed by atoms with Crippen molar-refractivity contribution in [3.05, 3.63) is 39.9 Å². The third-order valence-electron chi connectivity index (χ3n) is 2.42. The van der Waals surface area contributed by atoms with Crippen molar-refractivity contribution < 1.29 is 14.8 Å². The summed E-state index contributed by atoms with van der Waals surface area (Å²) in [5.74, 6) is 0. The molecule has 0 aliphatic carbocycles. The second-order valence-electron chi connectivity index (χ2n) is 3.77. The van der Waals surface area contributed by atoms with Crippen LogP contribution in [-0.2, 0) is 11.2 Å². The summed E-state index contributed by atoms with van der Waals surface area (Å²) in [7, 11) is 0. The van der Waals surface area contributed by atoms with Gasteiger partial charge in [0.1, 0.15) is 0 Å². The first-order chi connectivity index (χ1) is 8.13. The van der Waals surface area contributed by atoms with Crippen LogP contribution in [-0.4, -0.2) is 29.3 Å². The maximum absolute atomic E-state index is 10.4. The van der Waals surface area contributed by atoms with Crippen molar-refractivity contribution in [3.8, 4) is 0 Å². The number of ether oxygens (including phenoxy) is 1. The van der Waals surface area contributed by atoms with Gasteiger partial charge in [-0.15, -0.1) is 0 Å². The van der Waals surface area contributed by atoms with Gasteiger partial charge in [-0.3, -0.25) is 10.1 Å². The van der Waals surface area contributed by atoms with Gasteiger partial charge in [0.05, 0.1) is 11.0 Å². The zero-order valence-corrected chi connectivity index (χ0v) is 9.83. The number of rotatable bonds is 7. The predicted molar refractivity (Wildman–Crippen MR) is 63.9 cm³/mol. The molecule has 1 atom stereocenters. The molecule has 5 nitrogen and oxygen atoms in total. The number of hydrogen-bond donors (Lipinski definition) is 1. The van der Waals surface area contributed by atoms with Crippen LogP contribution in [0.4, 0.5) is 5.69 Å². The topological polar surface area (TPSA) is 72.6 Å². The minimum Gasteiger partial charge on any atom is -0.393 e. The SMILES string of the molecule is CCOCCC(O)Cc1ccc([N+](=O)[O-])cc1. The fraction of sp³-hybridized carbons (Fsp3) is 0.500. The van der Waals surface area contributed by atoms with Crippen LogP contribution in [0.3, 0.4) is 0 Å². The zero-order valence-electron chi connectivity index (χ0n) is 9.83. The number of aliphatic hydroxyl groups is 1. The molecule has 0 aliphatic rings. The van der Waals surface area contributed by atoms with Gasteiger partial charge in [-0.05, 0) is 25.3 Å². The van der Waals surface area contributed by atoms with Crippen LogP contribution in [0.5, 0.6) is 0 Å². The van der Waals surface area contributed by atoms with Gasteiger partial charge in [-0.1, -0.05) is 12.1 Å². The lowest BCUT2D eigenvalue weighted by atomic mass is 10.1. The van der Waals surface area contributed by atoms with Crippen LogP contribution >= 0.6 is 0 Å². The van der Waals surface area contributed by atoms with E-state index in [1.165, 1.54) is 12.1 Å². The molecule has 1 N–H and O–H groups in total. The zero-order chi connectivity index (χ0) is 12.7. The van der Waals surface area contributed by atoms with Crippen LogP contribution in [0.2, 0.25) is 0 Å². The third-order valence-corrected chi connectivity index (χ3v) is 2.42. The molecule has 1 aromatic carbocycles. The summed E-state index contributed by atoms with van der Waals surface area (Å²) in [5.41, 5.74) is 0.956. The first-order valence-electron chi connectivity index (χ1n) is 5.62. The molecule has 0 heterocycles. The summed E-state index contributed by atoms with van der Waals surface area (Å²) >= 11 is 0. The minimum atomic E-state index is -0.469. The number of non-ortho nitro benzene ring substituents is 1. The van der Waals surface area contributed by atoms with Gasteiger partial charge in [0, 0.05) is 25.3 Å². The summed E-state index contributed by atoms with van der Waals surface area (Å²) < 4.78 is 5.14. The standard InChI is InChI=1S/C12H17NO4/c1-2-17-8-7-12(14)9-10-3-5-11(6-4-10)13(15)16/h3-6,12,14H,2,7-9H2,1H3. The van der Waals surface area contributed by atoms with Crippen molar-refractivity contribution >= 4 is 5.69 Å². The van der Waals surface area contributed by atoms with Crippen molar-refractivity contribution in [3.63, 3.8) is 0 Å². The average molecular weight is 239 g/mol. The molecule has 0 saturated heterocycles. The summed E-state index contributed by atoms with van der Waals surface area (Å²) in [6.45, 7) is 3.08. The molecule has 94 valence electrons. The molecule has 1 aromatic rings. The highest BCUT2D eigenvalue weighted by Crippen LogP contribution is 2.13. The minimum absolute atomic E-state index is 0.0672. The maximum atomic E-state index is 10.4. The fourth-order valence-corrected chi connectivity index (χ4v) is 1.49. The van der Waals surface area contributed by atoms with E-state index in [9.17, 15) is 15.2 Å². The summed E-state index contributed by atoms with van der Waals surface area (Å²) in [6, 6.07) is 6.24. The Bertz CT molecular complexity index is 350. The molecule has 17 heavy (non-hydrogen) atoms. The number of nitro groups is 1. The van der Waals surface area contributed by atoms with Gasteiger partial charge in [-0.25, -0.2) is 0 Å². The van der Waals surface area contributed by atoms with E-state index in [2.05, 4.69) is 0 Å². The van der Waals surface area contributed by atoms with Gasteiger partial charge in [-0.2, -0.15) is 0 Å². The molecule has 1 rings (SSSR count). The number of hydrogen-bond acceptors (Lipinski definition) is 4. The van der Waals surface area contributed by atoms with Crippen LogP contribution in [0.25, 0.3) is 0 Å². The Morgan fingerprint density at radius 1 is 1.41 bits per heavy atom. The molecule has 0 spiro atoms. The Hall–Kier alpha value is -1.46. The number of nitrogens with zero attached hydrogens (tertiary/aromatic N) is 1. The molecule has 1 unspecified atom stereocenters. The summed E-state index contributed by atoms with van der Waals surface area (Å²) in [6.07, 6.45) is 0.596. The molecule has 0 amide bonds. The van der Waals surface area contributed by atoms with Crippen molar-refractivity contribution in [1.29, 1.82) is 0 Å². The lowest BCUT2D eigenvalue weighted by Crippen LogP contribution is -2.13. The highest BCUT2D eigenvalue weighted by Gasteiger charge is 2.08. The monoisotopic (exact) mass is 239 g/mol. The van der Waals surface area contributed by atoms with Crippen LogP contribution < -0.4 is 0 Å². The predicted octanol–water partition coefficient (Wildman–Crippen LogP) is 1.92. The van der Waals surface area contributed by atoms with Gasteiger partial charge in [0.2, 0.25) is 0 Å². The molecule has 0 aromatic heterocycles. The first kappa shape index (κ1) is 13.6. The van der Waals surface area contributed by atoms with E-state index in [1.807, 2.05) is 6.92 Å². The summed E-state index contributed by atoms with van der Waals surface area (Å²) in [4.78, 5) is 10.0. The van der Waals surface area contributed by atoms with E-state index in [4.69, 9.17) is 4.74 Å². The molecule has 0 saturated carbocycles. The molecule has 0 bridgehead atoms. The van der Waals surface area contributed by atoms with Crippen molar-refractivity contribution in [2.45, 2.75) is 25.9 Å². The van der Waals surface area contributed by atoms with E-state index in [0.717, 1.165) is 5.56 Å². The highest BCUT2D eigenvalue weighted by molar-refractivity contribution is 5.33. The van der Waals surface area contributed by atoms with E-state index in [1.54, 1.807) is 12.1 Å². The lowest BCUT2D eigenvalue weighted by molar-refractivity contribution is -0.384. The van der Waals surface area contributed by atoms with Crippen molar-refractivity contribution in [2.75, 3.05) is 13.2 Å². The molecular weight excluding hydrogens is 222 g/mol. The average Bonchev–Trinajstić information content (AvgIpc) is 2.30. The van der Waals surface area contributed by atoms with Crippen molar-refractivity contribution in [2.24, 2.45) is 0 Å². The molecule has 0 aliphatic heterocycles. The lowest BCUT2D eigenvalue weighted by Gasteiger charge is -2.10. The Morgan fingerprint density at radius 3 is 2.59 bits per heavy atom. The van der Waals surface area contributed by atoms with E-state index >= 15 is 0 Å². The van der Waals surface area contributed by atoms with E-state index in [0.29, 0.717) is 26.1 Å². The highest BCUT2D eigenvalue weighted by atomic mass is 16.6. The number of benzene rings is 1. The van der Waals surface area contributed by atoms with Gasteiger partial charge >= 0.3 is 0 Å². The molecule has 0 radical (unpaired) electrons. The molecule has 5 heteroatoms. The van der Waals surface area contributed by atoms with Crippen LogP contribution in [0.15, 0.2) is 24.3 Å². The number of nitro benzene ring substituents is 1. The number of aliphatic hydroxyl groups excluding tert-OH is 1. The second kappa shape index (κ2) is 6.98. The Labute approximate surface area is 100 Å². The second-order valence-corrected chi connectivity index (χ2v) is 3.77. The van der Waals surface area contributed by atoms with Gasteiger partial charge < -0.3 is 9.84 Å². The normalized spacial score (nSPS) is 12.4. The first-order valence-corrected chi connectivity index (χ1v) is 5.62. The maximum Gasteiger partial charge on any atom is 0.269 e. The smallest absolute Gasteiger partial charge is 0.269 e. The molecular formula is C12H17NO4. The quantitative estimate of drug-likeness (QED) is 0.448. The molecule has 0 fully saturated rings. The van der Waals surface area contributed by atoms with E-state index < -0.39 is 11.0 Å². The Morgan fingerprint density at radius 2 is 2.06 bits per heavy atom. The van der Waals surface area contributed by atoms with Gasteiger partial charge in [0.15, 0.2) is 0 Å². The van der Waals surface area contributed by atoms with Crippen LogP contribution in [0.1, 0.15) is 18.9 Å². The Balaban J connectivity index is 2.43. The van der Waals surface area contributed by atoms with Crippen LogP contribution in [0, 0.1) is 10.1 Å². The third kappa shape index (κ3) is 4.93. The van der Waals surface area contributed by atoms with Gasteiger partial charge in [0.25, 0.3) is 5.69 Å². The van der Waals surface area contributed by atoms with Crippen molar-refractivity contribution in [1.82, 2.24) is 0 Å². The fourth-order valence-electron chi connectivity index (χ4n) is 1.49. The van der Waals surface area contributed by atoms with E-state index in [-0.39, 0.29) is 5.69 Å². The summed E-state index contributed by atoms with van der Waals surface area (Å²) in [5, 5.41) is 20.1. The Kier molecular flexibility index (Phi) is 5.59.